The van der Waals surface area contributed by atoms with Gasteiger partial charge in [-0.2, -0.15) is 0 Å². The maximum absolute atomic E-state index is 12.7. The second-order valence-electron chi connectivity index (χ2n) is 7.48. The van der Waals surface area contributed by atoms with Gasteiger partial charge in [0.25, 0.3) is 0 Å². The van der Waals surface area contributed by atoms with Gasteiger partial charge in [-0.1, -0.05) is 0 Å². The van der Waals surface area contributed by atoms with Gasteiger partial charge in [-0.15, -0.1) is 0 Å². The molecule has 5 atom stereocenters. The first-order valence-electron chi connectivity index (χ1n) is 10.1. The van der Waals surface area contributed by atoms with E-state index >= 15 is 0 Å². The molecule has 1 heterocycles. The fraction of sp³-hybridized carbons (Fsp3) is 0.667. The number of aliphatic hydroxyl groups excluding tert-OH is 2. The molecule has 15 nitrogen and oxygen atoms in total. The third-order valence-electron chi connectivity index (χ3n) is 4.85. The SMILES string of the molecule is C[C@@H](O)[C@H](NC(=O)CNC(=O)[C@H](CC(=O)O)NC(=O)[C@@H](N)CO)C(=O)N1CCC[C@H]1C(=O)O. The van der Waals surface area contributed by atoms with E-state index in [1.54, 1.807) is 0 Å². The Morgan fingerprint density at radius 1 is 1.09 bits per heavy atom. The van der Waals surface area contributed by atoms with E-state index in [1.807, 2.05) is 5.32 Å². The van der Waals surface area contributed by atoms with E-state index < -0.39 is 85.4 Å². The number of amides is 4. The van der Waals surface area contributed by atoms with E-state index in [2.05, 4.69) is 10.6 Å². The summed E-state index contributed by atoms with van der Waals surface area (Å²) in [7, 11) is 0. The van der Waals surface area contributed by atoms with Crippen LogP contribution in [0.3, 0.4) is 0 Å². The molecule has 0 aliphatic carbocycles. The molecule has 0 radical (unpaired) electrons. The first-order valence-corrected chi connectivity index (χ1v) is 10.1. The number of rotatable bonds is 12. The summed E-state index contributed by atoms with van der Waals surface area (Å²) >= 11 is 0. The van der Waals surface area contributed by atoms with Crippen molar-refractivity contribution in [3.05, 3.63) is 0 Å². The van der Waals surface area contributed by atoms with Crippen molar-refractivity contribution in [2.45, 2.75) is 56.5 Å². The molecule has 33 heavy (non-hydrogen) atoms. The van der Waals surface area contributed by atoms with Gasteiger partial charge in [-0.05, 0) is 19.8 Å². The number of carboxylic acids is 2. The maximum Gasteiger partial charge on any atom is 0.326 e. The monoisotopic (exact) mass is 475 g/mol. The van der Waals surface area contributed by atoms with Crippen LogP contribution in [-0.4, -0.2) is 111 Å². The van der Waals surface area contributed by atoms with Crippen molar-refractivity contribution in [3.63, 3.8) is 0 Å². The van der Waals surface area contributed by atoms with Crippen molar-refractivity contribution in [2.75, 3.05) is 19.7 Å². The third-order valence-corrected chi connectivity index (χ3v) is 4.85. The smallest absolute Gasteiger partial charge is 0.326 e. The fourth-order valence-electron chi connectivity index (χ4n) is 3.12. The molecule has 1 aliphatic heterocycles. The van der Waals surface area contributed by atoms with Crippen LogP contribution in [0.5, 0.6) is 0 Å². The maximum atomic E-state index is 12.7. The van der Waals surface area contributed by atoms with Gasteiger partial charge in [0.1, 0.15) is 24.2 Å². The van der Waals surface area contributed by atoms with E-state index in [4.69, 9.17) is 15.9 Å². The lowest BCUT2D eigenvalue weighted by Crippen LogP contribution is -2.58. The lowest BCUT2D eigenvalue weighted by Gasteiger charge is -2.28. The molecule has 1 rings (SSSR count). The predicted octanol–water partition coefficient (Wildman–Crippen LogP) is -4.68. The third kappa shape index (κ3) is 8.28. The summed E-state index contributed by atoms with van der Waals surface area (Å²) in [5.41, 5.74) is 5.31. The minimum atomic E-state index is -1.60. The highest BCUT2D eigenvalue weighted by Crippen LogP contribution is 2.19. The normalized spacial score (nSPS) is 19.0. The van der Waals surface area contributed by atoms with Gasteiger partial charge >= 0.3 is 11.9 Å². The molecule has 0 aromatic heterocycles. The number of likely N-dealkylation sites (tertiary alicyclic amines) is 1. The summed E-state index contributed by atoms with van der Waals surface area (Å²) in [6.45, 7) is -0.131. The molecule has 1 saturated heterocycles. The van der Waals surface area contributed by atoms with E-state index in [-0.39, 0.29) is 13.0 Å². The van der Waals surface area contributed by atoms with Gasteiger partial charge in [-0.3, -0.25) is 24.0 Å². The van der Waals surface area contributed by atoms with Crippen LogP contribution in [0.2, 0.25) is 0 Å². The van der Waals surface area contributed by atoms with Crippen LogP contribution in [0.1, 0.15) is 26.2 Å². The van der Waals surface area contributed by atoms with Crippen LogP contribution < -0.4 is 21.7 Å². The van der Waals surface area contributed by atoms with Crippen LogP contribution in [0.15, 0.2) is 0 Å². The van der Waals surface area contributed by atoms with Crippen molar-refractivity contribution in [1.29, 1.82) is 0 Å². The fourth-order valence-corrected chi connectivity index (χ4v) is 3.12. The highest BCUT2D eigenvalue weighted by Gasteiger charge is 2.39. The summed E-state index contributed by atoms with van der Waals surface area (Å²) in [6.07, 6.45) is -1.55. The number of nitrogens with zero attached hydrogens (tertiary/aromatic N) is 1. The zero-order valence-electron chi connectivity index (χ0n) is 17.9. The summed E-state index contributed by atoms with van der Waals surface area (Å²) < 4.78 is 0. The molecule has 4 amide bonds. The molecule has 9 N–H and O–H groups in total. The molecule has 1 aliphatic rings. The summed E-state index contributed by atoms with van der Waals surface area (Å²) in [6, 6.07) is -5.56. The molecule has 0 bridgehead atoms. The van der Waals surface area contributed by atoms with E-state index in [0.29, 0.717) is 6.42 Å². The summed E-state index contributed by atoms with van der Waals surface area (Å²) in [5.74, 6) is -6.41. The molecule has 0 saturated carbocycles. The number of aliphatic hydroxyl groups is 2. The van der Waals surface area contributed by atoms with Crippen LogP contribution in [0.25, 0.3) is 0 Å². The molecule has 0 aromatic carbocycles. The van der Waals surface area contributed by atoms with Gasteiger partial charge in [-0.25, -0.2) is 4.79 Å². The van der Waals surface area contributed by atoms with E-state index in [1.165, 1.54) is 6.92 Å². The average molecular weight is 475 g/mol. The second kappa shape index (κ2) is 12.7. The summed E-state index contributed by atoms with van der Waals surface area (Å²) in [5, 5.41) is 43.3. The Hall–Kier alpha value is -3.30. The molecule has 0 spiro atoms. The van der Waals surface area contributed by atoms with Crippen molar-refractivity contribution in [3.8, 4) is 0 Å². The van der Waals surface area contributed by atoms with Gasteiger partial charge in [0.15, 0.2) is 0 Å². The number of carbonyl (C=O) groups is 6. The van der Waals surface area contributed by atoms with Crippen molar-refractivity contribution < 1.29 is 49.2 Å². The van der Waals surface area contributed by atoms with Gasteiger partial charge in [0.2, 0.25) is 23.6 Å². The molecule has 15 heteroatoms. The van der Waals surface area contributed by atoms with Crippen LogP contribution >= 0.6 is 0 Å². The van der Waals surface area contributed by atoms with Crippen molar-refractivity contribution in [2.24, 2.45) is 5.73 Å². The predicted molar refractivity (Wildman–Crippen MR) is 108 cm³/mol. The largest absolute Gasteiger partial charge is 0.481 e. The Morgan fingerprint density at radius 3 is 2.24 bits per heavy atom. The zero-order chi connectivity index (χ0) is 25.3. The minimum Gasteiger partial charge on any atom is -0.481 e. The molecule has 186 valence electrons. The van der Waals surface area contributed by atoms with E-state index in [0.717, 1.165) is 4.90 Å². The van der Waals surface area contributed by atoms with Gasteiger partial charge in [0, 0.05) is 6.54 Å². The van der Waals surface area contributed by atoms with Crippen LogP contribution in [0.4, 0.5) is 0 Å². The molecular weight excluding hydrogens is 446 g/mol. The first-order chi connectivity index (χ1) is 15.4. The number of hydrogen-bond acceptors (Lipinski definition) is 9. The molecule has 0 unspecified atom stereocenters. The lowest BCUT2D eigenvalue weighted by atomic mass is 10.1. The molecular formula is C18H29N5O10. The number of carboxylic acid groups (broad SMARTS) is 2. The van der Waals surface area contributed by atoms with E-state index in [9.17, 15) is 39.0 Å². The Bertz CT molecular complexity index is 774. The topological polar surface area (TPSA) is 249 Å². The minimum absolute atomic E-state index is 0.137. The first kappa shape index (κ1) is 27.7. The highest BCUT2D eigenvalue weighted by atomic mass is 16.4. The lowest BCUT2D eigenvalue weighted by molar-refractivity contribution is -0.150. The zero-order valence-corrected chi connectivity index (χ0v) is 17.9. The Kier molecular flexibility index (Phi) is 10.6. The Balaban J connectivity index is 2.75. The number of nitrogens with two attached hydrogens (primary N) is 1. The summed E-state index contributed by atoms with van der Waals surface area (Å²) in [4.78, 5) is 72.2. The van der Waals surface area contributed by atoms with Gasteiger partial charge in [0.05, 0.1) is 25.7 Å². The standard InChI is InChI=1S/C18H29N5O10/c1-8(25)14(17(31)23-4-2-3-11(23)18(32)33)22-12(26)6-20-16(30)10(5-13(27)28)21-15(29)9(19)7-24/h8-11,14,24-25H,2-7,19H2,1H3,(H,20,30)(H,21,29)(H,22,26)(H,27,28)(H,32,33)/t8-,9+,10+,11+,14+/m1/s1. The number of carbonyl (C=O) groups excluding carboxylic acids is 4. The van der Waals surface area contributed by atoms with Crippen LogP contribution in [0, 0.1) is 0 Å². The Labute approximate surface area is 188 Å². The van der Waals surface area contributed by atoms with Gasteiger partial charge < -0.3 is 47.0 Å². The second-order valence-corrected chi connectivity index (χ2v) is 7.48. The number of nitrogens with one attached hydrogen (secondary N) is 3. The molecule has 1 fully saturated rings. The van der Waals surface area contributed by atoms with Crippen LogP contribution in [-0.2, 0) is 28.8 Å². The highest BCUT2D eigenvalue weighted by molar-refractivity contribution is 5.95. The van der Waals surface area contributed by atoms with Crippen molar-refractivity contribution >= 4 is 35.6 Å². The van der Waals surface area contributed by atoms with Crippen molar-refractivity contribution in [1.82, 2.24) is 20.9 Å². The quantitative estimate of drug-likeness (QED) is 0.133. The number of hydrogen-bond donors (Lipinski definition) is 8. The average Bonchev–Trinajstić information content (AvgIpc) is 3.23. The number of aliphatic carboxylic acids is 2. The Morgan fingerprint density at radius 2 is 1.73 bits per heavy atom. The molecule has 0 aromatic rings.